The number of aromatic nitrogens is 2. The summed E-state index contributed by atoms with van der Waals surface area (Å²) < 4.78 is 2.29. The molecular weight excluding hydrogens is 372 g/mol. The fourth-order valence-electron chi connectivity index (χ4n) is 4.90. The molecule has 5 rings (SSSR count). The molecule has 0 bridgehead atoms. The van der Waals surface area contributed by atoms with Gasteiger partial charge in [0.2, 0.25) is 0 Å². The molecule has 2 atom stereocenters. The van der Waals surface area contributed by atoms with Gasteiger partial charge in [-0.3, -0.25) is 4.90 Å². The lowest BCUT2D eigenvalue weighted by molar-refractivity contribution is 0.123. The number of halogens is 1. The van der Waals surface area contributed by atoms with Gasteiger partial charge in [0.05, 0.1) is 30.7 Å². The van der Waals surface area contributed by atoms with Crippen LogP contribution in [0.3, 0.4) is 0 Å². The summed E-state index contributed by atoms with van der Waals surface area (Å²) in [5.74, 6) is 1.57. The number of rotatable bonds is 5. The number of hydrogen-bond acceptors (Lipinski definition) is 4. The molecule has 0 amide bonds. The summed E-state index contributed by atoms with van der Waals surface area (Å²) in [4.78, 5) is 7.39. The Morgan fingerprint density at radius 2 is 1.96 bits per heavy atom. The highest BCUT2D eigenvalue weighted by Gasteiger charge is 2.49. The second-order valence-electron chi connectivity index (χ2n) is 8.21. The summed E-state index contributed by atoms with van der Waals surface area (Å²) >= 11 is 6.44. The molecule has 5 nitrogen and oxygen atoms in total. The van der Waals surface area contributed by atoms with E-state index in [-0.39, 0.29) is 12.0 Å². The predicted molar refractivity (Wildman–Crippen MR) is 111 cm³/mol. The van der Waals surface area contributed by atoms with Crippen molar-refractivity contribution in [2.45, 2.75) is 13.1 Å². The van der Waals surface area contributed by atoms with E-state index < -0.39 is 0 Å². The number of para-hydroxylation sites is 2. The molecule has 146 valence electrons. The van der Waals surface area contributed by atoms with Gasteiger partial charge in [0.25, 0.3) is 0 Å². The van der Waals surface area contributed by atoms with Gasteiger partial charge in [-0.2, -0.15) is 0 Å². The Balaban J connectivity index is 1.47. The number of imidazole rings is 1. The normalized spacial score (nSPS) is 24.9. The van der Waals surface area contributed by atoms with Crippen molar-refractivity contribution in [3.05, 3.63) is 64.9 Å². The van der Waals surface area contributed by atoms with Gasteiger partial charge < -0.3 is 15.0 Å². The third-order valence-electron chi connectivity index (χ3n) is 6.45. The zero-order valence-corrected chi connectivity index (χ0v) is 16.6. The molecule has 0 aliphatic carbocycles. The third-order valence-corrected chi connectivity index (χ3v) is 6.82. The van der Waals surface area contributed by atoms with Crippen LogP contribution in [-0.4, -0.2) is 52.3 Å². The third kappa shape index (κ3) is 3.03. The number of aliphatic hydroxyl groups is 1. The van der Waals surface area contributed by atoms with Gasteiger partial charge in [-0.05, 0) is 36.2 Å². The first-order valence-corrected chi connectivity index (χ1v) is 10.3. The molecule has 2 N–H and O–H groups in total. The van der Waals surface area contributed by atoms with Crippen LogP contribution in [0.15, 0.2) is 48.5 Å². The van der Waals surface area contributed by atoms with Crippen molar-refractivity contribution in [1.82, 2.24) is 19.8 Å². The van der Waals surface area contributed by atoms with E-state index in [1.165, 1.54) is 0 Å². The number of benzene rings is 2. The molecule has 0 spiro atoms. The summed E-state index contributed by atoms with van der Waals surface area (Å²) in [6, 6.07) is 16.3. The van der Waals surface area contributed by atoms with Crippen LogP contribution in [0.25, 0.3) is 11.0 Å². The second kappa shape index (κ2) is 7.16. The maximum Gasteiger partial charge on any atom is 0.124 e. The molecule has 28 heavy (non-hydrogen) atoms. The first kappa shape index (κ1) is 18.1. The summed E-state index contributed by atoms with van der Waals surface area (Å²) in [5, 5.41) is 14.2. The number of aliphatic hydroxyl groups excluding tert-OH is 1. The minimum absolute atomic E-state index is 0.000413. The van der Waals surface area contributed by atoms with E-state index >= 15 is 0 Å². The van der Waals surface area contributed by atoms with E-state index in [4.69, 9.17) is 16.6 Å². The van der Waals surface area contributed by atoms with E-state index in [0.717, 1.165) is 60.2 Å². The minimum Gasteiger partial charge on any atom is -0.396 e. The van der Waals surface area contributed by atoms with Gasteiger partial charge in [0.15, 0.2) is 0 Å². The van der Waals surface area contributed by atoms with Gasteiger partial charge in [0, 0.05) is 30.1 Å². The van der Waals surface area contributed by atoms with E-state index in [1.807, 2.05) is 24.3 Å². The molecule has 0 saturated carbocycles. The summed E-state index contributed by atoms with van der Waals surface area (Å²) in [7, 11) is 0. The Labute approximate surface area is 169 Å². The highest BCUT2D eigenvalue weighted by atomic mass is 35.5. The standard InChI is InChI=1S/C22H25ClN4O/c23-18-6-2-1-5-16(18)10-27-20-8-4-3-7-19(20)25-21(27)12-26-11-17-9-24-13-22(17,14-26)15-28/h1-8,17,24,28H,9-15H2. The summed E-state index contributed by atoms with van der Waals surface area (Å²) in [6.07, 6.45) is 0. The van der Waals surface area contributed by atoms with Crippen LogP contribution in [0.4, 0.5) is 0 Å². The average Bonchev–Trinajstić information content (AvgIpc) is 3.35. The Bertz CT molecular complexity index is 1000. The average molecular weight is 397 g/mol. The van der Waals surface area contributed by atoms with Crippen molar-refractivity contribution in [2.24, 2.45) is 11.3 Å². The van der Waals surface area contributed by atoms with Crippen molar-refractivity contribution in [3.63, 3.8) is 0 Å². The lowest BCUT2D eigenvalue weighted by Gasteiger charge is -2.25. The fourth-order valence-corrected chi connectivity index (χ4v) is 5.09. The van der Waals surface area contributed by atoms with E-state index in [2.05, 4.69) is 39.0 Å². The summed E-state index contributed by atoms with van der Waals surface area (Å²) in [5.41, 5.74) is 3.25. The topological polar surface area (TPSA) is 53.3 Å². The Kier molecular flexibility index (Phi) is 4.63. The molecule has 2 unspecified atom stereocenters. The second-order valence-corrected chi connectivity index (χ2v) is 8.62. The van der Waals surface area contributed by atoms with Crippen molar-refractivity contribution in [2.75, 3.05) is 32.8 Å². The van der Waals surface area contributed by atoms with Gasteiger partial charge in [-0.25, -0.2) is 4.98 Å². The van der Waals surface area contributed by atoms with Crippen LogP contribution >= 0.6 is 11.6 Å². The highest BCUT2D eigenvalue weighted by Crippen LogP contribution is 2.39. The Hall–Kier alpha value is -1.92. The smallest absolute Gasteiger partial charge is 0.124 e. The molecule has 2 saturated heterocycles. The molecule has 2 aliphatic heterocycles. The molecule has 1 aromatic heterocycles. The molecule has 0 radical (unpaired) electrons. The highest BCUT2D eigenvalue weighted by molar-refractivity contribution is 6.31. The first-order chi connectivity index (χ1) is 13.7. The van der Waals surface area contributed by atoms with E-state index in [9.17, 15) is 5.11 Å². The fraction of sp³-hybridized carbons (Fsp3) is 0.409. The van der Waals surface area contributed by atoms with Crippen LogP contribution in [0, 0.1) is 11.3 Å². The molecule has 2 aromatic carbocycles. The molecule has 3 heterocycles. The molecule has 3 aromatic rings. The number of nitrogens with zero attached hydrogens (tertiary/aromatic N) is 3. The van der Waals surface area contributed by atoms with Crippen molar-refractivity contribution in [1.29, 1.82) is 0 Å². The number of fused-ring (bicyclic) bond motifs is 2. The number of nitrogens with one attached hydrogen (secondary N) is 1. The van der Waals surface area contributed by atoms with Crippen LogP contribution in [-0.2, 0) is 13.1 Å². The number of likely N-dealkylation sites (tertiary alicyclic amines) is 1. The maximum atomic E-state index is 10.0. The van der Waals surface area contributed by atoms with Crippen LogP contribution in [0.1, 0.15) is 11.4 Å². The minimum atomic E-state index is -0.000413. The first-order valence-electron chi connectivity index (χ1n) is 9.90. The molecule has 2 aliphatic rings. The lowest BCUT2D eigenvalue weighted by Crippen LogP contribution is -2.36. The van der Waals surface area contributed by atoms with Crippen LogP contribution < -0.4 is 5.32 Å². The van der Waals surface area contributed by atoms with Gasteiger partial charge in [0.1, 0.15) is 5.82 Å². The Morgan fingerprint density at radius 1 is 1.14 bits per heavy atom. The van der Waals surface area contributed by atoms with Crippen molar-refractivity contribution >= 4 is 22.6 Å². The zero-order chi connectivity index (χ0) is 19.1. The largest absolute Gasteiger partial charge is 0.396 e. The SMILES string of the molecule is OCC12CNCC1CN(Cc1nc3ccccc3n1Cc1ccccc1Cl)C2. The van der Waals surface area contributed by atoms with E-state index in [1.54, 1.807) is 0 Å². The molecule has 6 heteroatoms. The Morgan fingerprint density at radius 3 is 2.79 bits per heavy atom. The van der Waals surface area contributed by atoms with Crippen molar-refractivity contribution < 1.29 is 5.11 Å². The molecular formula is C22H25ClN4O. The maximum absolute atomic E-state index is 10.0. The van der Waals surface area contributed by atoms with Gasteiger partial charge in [-0.15, -0.1) is 0 Å². The van der Waals surface area contributed by atoms with Crippen molar-refractivity contribution in [3.8, 4) is 0 Å². The van der Waals surface area contributed by atoms with Gasteiger partial charge >= 0.3 is 0 Å². The monoisotopic (exact) mass is 396 g/mol. The van der Waals surface area contributed by atoms with Crippen LogP contribution in [0.2, 0.25) is 5.02 Å². The number of hydrogen-bond donors (Lipinski definition) is 2. The zero-order valence-electron chi connectivity index (χ0n) is 15.8. The van der Waals surface area contributed by atoms with Gasteiger partial charge in [-0.1, -0.05) is 41.9 Å². The predicted octanol–water partition coefficient (Wildman–Crippen LogP) is 2.75. The quantitative estimate of drug-likeness (QED) is 0.696. The molecule has 2 fully saturated rings. The van der Waals surface area contributed by atoms with E-state index in [0.29, 0.717) is 12.5 Å². The summed E-state index contributed by atoms with van der Waals surface area (Å²) in [6.45, 7) is 5.56. The van der Waals surface area contributed by atoms with Crippen LogP contribution in [0.5, 0.6) is 0 Å². The lowest BCUT2D eigenvalue weighted by atomic mass is 9.82.